The second-order valence-corrected chi connectivity index (χ2v) is 6.15. The number of hydrogen-bond donors (Lipinski definition) is 1. The number of nitrogens with zero attached hydrogens (tertiary/aromatic N) is 3. The van der Waals surface area contributed by atoms with E-state index in [0.717, 1.165) is 6.54 Å². The van der Waals surface area contributed by atoms with Gasteiger partial charge >= 0.3 is 5.97 Å². The van der Waals surface area contributed by atoms with Crippen LogP contribution in [-0.2, 0) is 6.54 Å². The van der Waals surface area contributed by atoms with Gasteiger partial charge in [-0.15, -0.1) is 5.10 Å². The molecule has 1 saturated heterocycles. The summed E-state index contributed by atoms with van der Waals surface area (Å²) in [5.41, 5.74) is 1.57. The maximum Gasteiger partial charge on any atom is 0.337 e. The lowest BCUT2D eigenvalue weighted by atomic mass is 10.1. The summed E-state index contributed by atoms with van der Waals surface area (Å²) < 4.78 is 1.75. The molecule has 0 saturated carbocycles. The van der Waals surface area contributed by atoms with E-state index < -0.39 is 5.97 Å². The Hall–Kier alpha value is -1.56. The summed E-state index contributed by atoms with van der Waals surface area (Å²) in [6.45, 7) is 0.742. The van der Waals surface area contributed by atoms with Gasteiger partial charge in [0.2, 0.25) is 0 Å². The predicted molar refractivity (Wildman–Crippen MR) is 74.6 cm³/mol. The molecule has 0 amide bonds. The van der Waals surface area contributed by atoms with Gasteiger partial charge in [-0.25, -0.2) is 9.48 Å². The van der Waals surface area contributed by atoms with Crippen LogP contribution in [-0.4, -0.2) is 37.1 Å². The summed E-state index contributed by atoms with van der Waals surface area (Å²) in [7, 11) is 0. The van der Waals surface area contributed by atoms with Crippen LogP contribution in [0.25, 0.3) is 11.0 Å². The summed E-state index contributed by atoms with van der Waals surface area (Å²) in [6, 6.07) is 5.12. The van der Waals surface area contributed by atoms with Crippen molar-refractivity contribution in [2.45, 2.75) is 31.1 Å². The molecule has 0 spiro atoms. The number of benzene rings is 1. The number of thioether (sulfide) groups is 1. The van der Waals surface area contributed by atoms with Crippen molar-refractivity contribution in [1.82, 2.24) is 15.0 Å². The third-order valence-corrected chi connectivity index (χ3v) is 4.79. The van der Waals surface area contributed by atoms with Gasteiger partial charge in [-0.3, -0.25) is 0 Å². The molecule has 1 aliphatic heterocycles. The third kappa shape index (κ3) is 2.45. The molecule has 0 bridgehead atoms. The minimum Gasteiger partial charge on any atom is -0.478 e. The van der Waals surface area contributed by atoms with Crippen molar-refractivity contribution in [2.75, 3.05) is 5.75 Å². The van der Waals surface area contributed by atoms with Gasteiger partial charge in [0.15, 0.2) is 0 Å². The molecule has 3 rings (SSSR count). The summed E-state index contributed by atoms with van der Waals surface area (Å²) in [4.78, 5) is 11.3. The molecule has 1 atom stereocenters. The van der Waals surface area contributed by atoms with Crippen molar-refractivity contribution in [3.8, 4) is 0 Å². The lowest BCUT2D eigenvalue weighted by molar-refractivity contribution is 0.0698. The largest absolute Gasteiger partial charge is 0.478 e. The predicted octanol–water partition coefficient (Wildman–Crippen LogP) is 2.42. The summed E-state index contributed by atoms with van der Waals surface area (Å²) in [5.74, 6) is 0.258. The first-order valence-corrected chi connectivity index (χ1v) is 7.47. The van der Waals surface area contributed by atoms with Crippen LogP contribution in [0.2, 0.25) is 0 Å². The number of rotatable bonds is 3. The molecule has 5 nitrogen and oxygen atoms in total. The van der Waals surface area contributed by atoms with Crippen molar-refractivity contribution in [3.05, 3.63) is 23.8 Å². The summed E-state index contributed by atoms with van der Waals surface area (Å²) in [6.07, 6.45) is 3.69. The monoisotopic (exact) mass is 277 g/mol. The SMILES string of the molecule is O=C(O)c1cccc2nnn(CC3CCCCS3)c12. The van der Waals surface area contributed by atoms with E-state index in [4.69, 9.17) is 0 Å². The number of carbonyl (C=O) groups is 1. The van der Waals surface area contributed by atoms with Crippen LogP contribution in [0, 0.1) is 0 Å². The van der Waals surface area contributed by atoms with Crippen molar-refractivity contribution in [1.29, 1.82) is 0 Å². The minimum absolute atomic E-state index is 0.281. The number of carboxylic acid groups (broad SMARTS) is 1. The number of para-hydroxylation sites is 1. The fourth-order valence-corrected chi connectivity index (χ4v) is 3.76. The van der Waals surface area contributed by atoms with Crippen LogP contribution < -0.4 is 0 Å². The van der Waals surface area contributed by atoms with E-state index in [2.05, 4.69) is 10.3 Å². The highest BCUT2D eigenvalue weighted by atomic mass is 32.2. The van der Waals surface area contributed by atoms with Crippen LogP contribution in [0.4, 0.5) is 0 Å². The first kappa shape index (κ1) is 12.5. The van der Waals surface area contributed by atoms with Crippen LogP contribution in [0.15, 0.2) is 18.2 Å². The summed E-state index contributed by atoms with van der Waals surface area (Å²) in [5, 5.41) is 18.0. The van der Waals surface area contributed by atoms with E-state index in [1.807, 2.05) is 11.8 Å². The standard InChI is InChI=1S/C13H15N3O2S/c17-13(18)10-5-3-6-11-12(10)16(15-14-11)8-9-4-1-2-7-19-9/h3,5-6,9H,1-2,4,7-8H2,(H,17,18). The lowest BCUT2D eigenvalue weighted by Crippen LogP contribution is -2.18. The van der Waals surface area contributed by atoms with E-state index in [1.165, 1.54) is 25.0 Å². The molecule has 2 heterocycles. The quantitative estimate of drug-likeness (QED) is 0.933. The summed E-state index contributed by atoms with van der Waals surface area (Å²) >= 11 is 1.95. The topological polar surface area (TPSA) is 68.0 Å². The Morgan fingerprint density at radius 1 is 1.47 bits per heavy atom. The number of aromatic nitrogens is 3. The van der Waals surface area contributed by atoms with Crippen molar-refractivity contribution < 1.29 is 9.90 Å². The Balaban J connectivity index is 1.96. The molecular formula is C13H15N3O2S. The first-order chi connectivity index (χ1) is 9.25. The van der Waals surface area contributed by atoms with E-state index in [1.54, 1.807) is 22.9 Å². The Labute approximate surface area is 115 Å². The minimum atomic E-state index is -0.926. The molecule has 1 N–H and O–H groups in total. The van der Waals surface area contributed by atoms with Crippen LogP contribution in [0.5, 0.6) is 0 Å². The van der Waals surface area contributed by atoms with E-state index >= 15 is 0 Å². The second kappa shape index (κ2) is 5.21. The number of hydrogen-bond acceptors (Lipinski definition) is 4. The number of fused-ring (bicyclic) bond motifs is 1. The normalized spacial score (nSPS) is 19.7. The van der Waals surface area contributed by atoms with Gasteiger partial charge in [0.1, 0.15) is 11.0 Å². The van der Waals surface area contributed by atoms with Gasteiger partial charge in [0, 0.05) is 5.25 Å². The first-order valence-electron chi connectivity index (χ1n) is 6.43. The highest BCUT2D eigenvalue weighted by molar-refractivity contribution is 7.99. The molecule has 0 radical (unpaired) electrons. The van der Waals surface area contributed by atoms with Gasteiger partial charge in [0.25, 0.3) is 0 Å². The maximum absolute atomic E-state index is 11.3. The zero-order valence-electron chi connectivity index (χ0n) is 10.5. The Bertz CT molecular complexity index is 605. The number of carboxylic acids is 1. The molecule has 2 aromatic rings. The molecule has 1 aliphatic rings. The van der Waals surface area contributed by atoms with Crippen LogP contribution >= 0.6 is 11.8 Å². The van der Waals surface area contributed by atoms with E-state index in [9.17, 15) is 9.90 Å². The third-order valence-electron chi connectivity index (χ3n) is 3.41. The fraction of sp³-hybridized carbons (Fsp3) is 0.462. The van der Waals surface area contributed by atoms with Crippen molar-refractivity contribution >= 4 is 28.8 Å². The molecule has 1 unspecified atom stereocenters. The van der Waals surface area contributed by atoms with Gasteiger partial charge in [-0.1, -0.05) is 17.7 Å². The van der Waals surface area contributed by atoms with Gasteiger partial charge in [-0.05, 0) is 30.7 Å². The average Bonchev–Trinajstić information content (AvgIpc) is 2.83. The van der Waals surface area contributed by atoms with Crippen molar-refractivity contribution in [2.24, 2.45) is 0 Å². The van der Waals surface area contributed by atoms with Crippen LogP contribution in [0.3, 0.4) is 0 Å². The fourth-order valence-electron chi connectivity index (χ4n) is 2.47. The zero-order chi connectivity index (χ0) is 13.2. The zero-order valence-corrected chi connectivity index (χ0v) is 11.3. The van der Waals surface area contributed by atoms with Gasteiger partial charge in [0.05, 0.1) is 12.1 Å². The maximum atomic E-state index is 11.3. The highest BCUT2D eigenvalue weighted by Crippen LogP contribution is 2.27. The van der Waals surface area contributed by atoms with E-state index in [0.29, 0.717) is 16.3 Å². The van der Waals surface area contributed by atoms with Crippen molar-refractivity contribution in [3.63, 3.8) is 0 Å². The Kier molecular flexibility index (Phi) is 3.42. The molecule has 1 aromatic heterocycles. The Morgan fingerprint density at radius 2 is 2.37 bits per heavy atom. The second-order valence-electron chi connectivity index (χ2n) is 4.74. The van der Waals surface area contributed by atoms with Gasteiger partial charge < -0.3 is 5.11 Å². The Morgan fingerprint density at radius 3 is 3.11 bits per heavy atom. The average molecular weight is 277 g/mol. The molecule has 1 aromatic carbocycles. The molecule has 19 heavy (non-hydrogen) atoms. The molecule has 6 heteroatoms. The highest BCUT2D eigenvalue weighted by Gasteiger charge is 2.19. The van der Waals surface area contributed by atoms with Crippen LogP contribution in [0.1, 0.15) is 29.6 Å². The molecule has 0 aliphatic carbocycles. The molecular weight excluding hydrogens is 262 g/mol. The smallest absolute Gasteiger partial charge is 0.337 e. The lowest BCUT2D eigenvalue weighted by Gasteiger charge is -2.21. The molecule has 100 valence electrons. The van der Waals surface area contributed by atoms with Gasteiger partial charge in [-0.2, -0.15) is 11.8 Å². The molecule has 1 fully saturated rings. The number of aromatic carboxylic acids is 1. The van der Waals surface area contributed by atoms with E-state index in [-0.39, 0.29) is 5.56 Å².